The van der Waals surface area contributed by atoms with Gasteiger partial charge in [-0.05, 0) is 19.9 Å². The lowest BCUT2D eigenvalue weighted by Gasteiger charge is -2.14. The molecule has 2 aromatic rings. The number of nitro groups is 2. The van der Waals surface area contributed by atoms with Crippen LogP contribution in [0.5, 0.6) is 0 Å². The number of benzene rings is 1. The molecule has 1 unspecified atom stereocenters. The van der Waals surface area contributed by atoms with Gasteiger partial charge in [0.1, 0.15) is 17.9 Å². The van der Waals surface area contributed by atoms with Crippen LogP contribution in [0, 0.1) is 27.2 Å². The Bertz CT molecular complexity index is 834. The highest BCUT2D eigenvalue weighted by atomic mass is 35.5. The van der Waals surface area contributed by atoms with E-state index in [-0.39, 0.29) is 27.8 Å². The maximum atomic E-state index is 12.3. The fourth-order valence-corrected chi connectivity index (χ4v) is 2.22. The first-order valence-corrected chi connectivity index (χ1v) is 7.03. The molecular weight excluding hydrogens is 342 g/mol. The molecular formula is C13H12ClN5O5. The molecule has 0 radical (unpaired) electrons. The van der Waals surface area contributed by atoms with E-state index in [9.17, 15) is 25.0 Å². The Morgan fingerprint density at radius 2 is 2.00 bits per heavy atom. The van der Waals surface area contributed by atoms with Crippen molar-refractivity contribution in [1.82, 2.24) is 9.78 Å². The van der Waals surface area contributed by atoms with Crippen LogP contribution in [0.15, 0.2) is 24.4 Å². The first kappa shape index (κ1) is 17.3. The normalized spacial score (nSPS) is 11.8. The Balaban J connectivity index is 2.25. The zero-order valence-corrected chi connectivity index (χ0v) is 13.4. The largest absolute Gasteiger partial charge is 0.323 e. The highest BCUT2D eigenvalue weighted by molar-refractivity contribution is 6.33. The number of non-ortho nitro benzene ring substituents is 1. The van der Waals surface area contributed by atoms with Crippen LogP contribution in [0.3, 0.4) is 0 Å². The first-order valence-electron chi connectivity index (χ1n) is 6.65. The van der Waals surface area contributed by atoms with Crippen molar-refractivity contribution in [3.8, 4) is 0 Å². The summed E-state index contributed by atoms with van der Waals surface area (Å²) in [7, 11) is 0. The van der Waals surface area contributed by atoms with Crippen LogP contribution in [0.1, 0.15) is 18.7 Å². The molecule has 0 bridgehead atoms. The molecule has 2 rings (SSSR count). The van der Waals surface area contributed by atoms with Gasteiger partial charge in [-0.1, -0.05) is 11.6 Å². The van der Waals surface area contributed by atoms with Gasteiger partial charge in [0.15, 0.2) is 0 Å². The molecule has 0 fully saturated rings. The predicted molar refractivity (Wildman–Crippen MR) is 85.1 cm³/mol. The van der Waals surface area contributed by atoms with Gasteiger partial charge in [0.05, 0.1) is 20.6 Å². The summed E-state index contributed by atoms with van der Waals surface area (Å²) in [6.07, 6.45) is 1.06. The van der Waals surface area contributed by atoms with E-state index < -0.39 is 21.8 Å². The molecule has 1 aromatic carbocycles. The lowest BCUT2D eigenvalue weighted by Crippen LogP contribution is -2.25. The molecule has 24 heavy (non-hydrogen) atoms. The van der Waals surface area contributed by atoms with Crippen LogP contribution in [-0.2, 0) is 4.79 Å². The van der Waals surface area contributed by atoms with Gasteiger partial charge in [0.25, 0.3) is 5.69 Å². The van der Waals surface area contributed by atoms with Crippen molar-refractivity contribution in [2.75, 3.05) is 5.32 Å². The Kier molecular flexibility index (Phi) is 4.79. The zero-order chi connectivity index (χ0) is 18.0. The number of carbonyl (C=O) groups is 1. The molecule has 0 aliphatic rings. The second-order valence-electron chi connectivity index (χ2n) is 4.90. The second kappa shape index (κ2) is 6.62. The van der Waals surface area contributed by atoms with Crippen LogP contribution in [0.4, 0.5) is 17.1 Å². The number of hydrogen-bond acceptors (Lipinski definition) is 6. The fraction of sp³-hybridized carbons (Fsp3) is 0.231. The van der Waals surface area contributed by atoms with Crippen molar-refractivity contribution in [3.63, 3.8) is 0 Å². The molecule has 1 N–H and O–H groups in total. The summed E-state index contributed by atoms with van der Waals surface area (Å²) in [4.78, 5) is 32.7. The SMILES string of the molecule is Cc1c([N+](=O)[O-])cnn1C(C)C(=O)Nc1cc([N+](=O)[O-])ccc1Cl. The van der Waals surface area contributed by atoms with Crippen LogP contribution in [-0.4, -0.2) is 25.5 Å². The lowest BCUT2D eigenvalue weighted by molar-refractivity contribution is -0.385. The van der Waals surface area contributed by atoms with Gasteiger partial charge in [-0.15, -0.1) is 0 Å². The molecule has 0 aliphatic carbocycles. The van der Waals surface area contributed by atoms with E-state index in [1.165, 1.54) is 30.7 Å². The van der Waals surface area contributed by atoms with Gasteiger partial charge in [-0.3, -0.25) is 29.7 Å². The third-order valence-electron chi connectivity index (χ3n) is 3.38. The summed E-state index contributed by atoms with van der Waals surface area (Å²) in [5.41, 5.74) is -0.147. The Morgan fingerprint density at radius 3 is 2.54 bits per heavy atom. The van der Waals surface area contributed by atoms with Crippen molar-refractivity contribution in [1.29, 1.82) is 0 Å². The van der Waals surface area contributed by atoms with E-state index in [4.69, 9.17) is 11.6 Å². The number of hydrogen-bond donors (Lipinski definition) is 1. The van der Waals surface area contributed by atoms with E-state index in [0.29, 0.717) is 0 Å². The van der Waals surface area contributed by atoms with E-state index >= 15 is 0 Å². The molecule has 0 spiro atoms. The van der Waals surface area contributed by atoms with Crippen LogP contribution < -0.4 is 5.32 Å². The van der Waals surface area contributed by atoms with Crippen molar-refractivity contribution >= 4 is 34.6 Å². The third-order valence-corrected chi connectivity index (χ3v) is 3.71. The number of halogens is 1. The number of amides is 1. The average molecular weight is 354 g/mol. The van der Waals surface area contributed by atoms with Gasteiger partial charge in [-0.25, -0.2) is 0 Å². The Labute approximate surface area is 140 Å². The van der Waals surface area contributed by atoms with Gasteiger partial charge in [-0.2, -0.15) is 5.10 Å². The van der Waals surface area contributed by atoms with Gasteiger partial charge in [0, 0.05) is 12.1 Å². The number of nitrogens with zero attached hydrogens (tertiary/aromatic N) is 4. The summed E-state index contributed by atoms with van der Waals surface area (Å²) in [6, 6.07) is 2.76. The molecule has 1 amide bonds. The molecule has 11 heteroatoms. The van der Waals surface area contributed by atoms with Crippen molar-refractivity contribution in [2.45, 2.75) is 19.9 Å². The van der Waals surface area contributed by atoms with Crippen molar-refractivity contribution in [2.24, 2.45) is 0 Å². The molecule has 126 valence electrons. The summed E-state index contributed by atoms with van der Waals surface area (Å²) in [6.45, 7) is 2.96. The Morgan fingerprint density at radius 1 is 1.33 bits per heavy atom. The van der Waals surface area contributed by atoms with Crippen LogP contribution in [0.25, 0.3) is 0 Å². The number of nitrogens with one attached hydrogen (secondary N) is 1. The lowest BCUT2D eigenvalue weighted by atomic mass is 10.2. The number of anilines is 1. The van der Waals surface area contributed by atoms with Gasteiger partial charge in [0.2, 0.25) is 5.91 Å². The summed E-state index contributed by atoms with van der Waals surface area (Å²) in [5, 5.41) is 28.1. The highest BCUT2D eigenvalue weighted by Gasteiger charge is 2.24. The molecule has 1 aromatic heterocycles. The third kappa shape index (κ3) is 3.33. The topological polar surface area (TPSA) is 133 Å². The van der Waals surface area contributed by atoms with E-state index in [0.717, 1.165) is 12.3 Å². The molecule has 10 nitrogen and oxygen atoms in total. The molecule has 0 aliphatic heterocycles. The smallest absolute Gasteiger partial charge is 0.309 e. The molecule has 0 saturated heterocycles. The minimum Gasteiger partial charge on any atom is -0.323 e. The second-order valence-corrected chi connectivity index (χ2v) is 5.31. The van der Waals surface area contributed by atoms with Crippen LogP contribution in [0.2, 0.25) is 5.02 Å². The predicted octanol–water partition coefficient (Wildman–Crippen LogP) is 2.86. The van der Waals surface area contributed by atoms with Crippen molar-refractivity contribution < 1.29 is 14.6 Å². The maximum Gasteiger partial charge on any atom is 0.309 e. The minimum absolute atomic E-state index is 0.0713. The molecule has 0 saturated carbocycles. The van der Waals surface area contributed by atoms with Crippen molar-refractivity contribution in [3.05, 3.63) is 55.3 Å². The number of rotatable bonds is 5. The number of carbonyl (C=O) groups excluding carboxylic acids is 1. The standard InChI is InChI=1S/C13H12ClN5O5/c1-7-12(19(23)24)6-15-17(7)8(2)13(20)16-11-5-9(18(21)22)3-4-10(11)14/h3-6,8H,1-2H3,(H,16,20). The quantitative estimate of drug-likeness (QED) is 0.648. The summed E-state index contributed by atoms with van der Waals surface area (Å²) in [5.74, 6) is -0.571. The zero-order valence-electron chi connectivity index (χ0n) is 12.6. The summed E-state index contributed by atoms with van der Waals surface area (Å²) < 4.78 is 1.19. The Hall–Kier alpha value is -3.01. The van der Waals surface area contributed by atoms with Crippen LogP contribution >= 0.6 is 11.6 Å². The number of nitro benzene ring substituents is 1. The highest BCUT2D eigenvalue weighted by Crippen LogP contribution is 2.28. The van der Waals surface area contributed by atoms with E-state index in [1.807, 2.05) is 0 Å². The summed E-state index contributed by atoms with van der Waals surface area (Å²) >= 11 is 5.92. The monoisotopic (exact) mass is 353 g/mol. The molecule has 1 atom stereocenters. The minimum atomic E-state index is -0.881. The maximum absolute atomic E-state index is 12.3. The van der Waals surface area contributed by atoms with Gasteiger partial charge < -0.3 is 5.32 Å². The van der Waals surface area contributed by atoms with E-state index in [1.54, 1.807) is 0 Å². The fourth-order valence-electron chi connectivity index (χ4n) is 2.05. The van der Waals surface area contributed by atoms with E-state index in [2.05, 4.69) is 10.4 Å². The number of aromatic nitrogens is 2. The first-order chi connectivity index (χ1) is 11.2. The molecule has 1 heterocycles. The van der Waals surface area contributed by atoms with Gasteiger partial charge >= 0.3 is 5.69 Å². The average Bonchev–Trinajstić information content (AvgIpc) is 2.90.